The van der Waals surface area contributed by atoms with Gasteiger partial charge in [-0.15, -0.1) is 12.6 Å². The molecule has 0 heterocycles. The largest absolute Gasteiger partial charge is 0.370 e. The van der Waals surface area contributed by atoms with E-state index in [2.05, 4.69) is 17.9 Å². The number of primary amides is 1. The Balaban J connectivity index is 2.66. The molecule has 0 saturated heterocycles. The fraction of sp³-hybridized carbons (Fsp3) is 0.273. The van der Waals surface area contributed by atoms with Gasteiger partial charge in [0, 0.05) is 17.4 Å². The van der Waals surface area contributed by atoms with Crippen LogP contribution in [-0.2, 0) is 4.79 Å². The lowest BCUT2D eigenvalue weighted by molar-refractivity contribution is -0.118. The monoisotopic (exact) mass is 238 g/mol. The first-order valence-electron chi connectivity index (χ1n) is 4.88. The van der Waals surface area contributed by atoms with Gasteiger partial charge in [0.15, 0.2) is 0 Å². The Kier molecular flexibility index (Phi) is 4.37. The Labute approximate surface area is 99.6 Å². The van der Waals surface area contributed by atoms with Crippen molar-refractivity contribution in [1.29, 1.82) is 0 Å². The molecule has 1 rings (SSSR count). The Morgan fingerprint density at radius 2 is 2.06 bits per heavy atom. The second-order valence-corrected chi connectivity index (χ2v) is 4.04. The van der Waals surface area contributed by atoms with Crippen LogP contribution in [0.2, 0.25) is 0 Å². The molecule has 1 aromatic carbocycles. The minimum Gasteiger partial charge on any atom is -0.370 e. The molecule has 3 N–H and O–H groups in total. The summed E-state index contributed by atoms with van der Waals surface area (Å²) in [6, 6.07) is 6.68. The highest BCUT2D eigenvalue weighted by Gasteiger charge is 2.13. The Morgan fingerprint density at radius 3 is 2.62 bits per heavy atom. The van der Waals surface area contributed by atoms with E-state index in [1.54, 1.807) is 31.2 Å². The molecular weight excluding hydrogens is 224 g/mol. The van der Waals surface area contributed by atoms with Crippen LogP contribution >= 0.6 is 12.6 Å². The van der Waals surface area contributed by atoms with Crippen LogP contribution in [0.25, 0.3) is 0 Å². The summed E-state index contributed by atoms with van der Waals surface area (Å²) >= 11 is 4.18. The van der Waals surface area contributed by atoms with Crippen LogP contribution in [0.4, 0.5) is 0 Å². The van der Waals surface area contributed by atoms with E-state index < -0.39 is 5.91 Å². The average molecular weight is 238 g/mol. The molecule has 0 fully saturated rings. The van der Waals surface area contributed by atoms with Crippen molar-refractivity contribution in [1.82, 2.24) is 5.32 Å². The lowest BCUT2D eigenvalue weighted by Crippen LogP contribution is -2.35. The van der Waals surface area contributed by atoms with Gasteiger partial charge in [0.05, 0.1) is 5.56 Å². The number of carbonyl (C=O) groups is 2. The summed E-state index contributed by atoms with van der Waals surface area (Å²) in [5, 5.41) is 2.68. The molecule has 86 valence electrons. The van der Waals surface area contributed by atoms with Gasteiger partial charge in [0.1, 0.15) is 0 Å². The topological polar surface area (TPSA) is 72.2 Å². The smallest absolute Gasteiger partial charge is 0.252 e. The molecule has 0 spiro atoms. The molecule has 1 atom stereocenters. The third kappa shape index (κ3) is 3.58. The van der Waals surface area contributed by atoms with Gasteiger partial charge >= 0.3 is 0 Å². The van der Waals surface area contributed by atoms with E-state index in [1.165, 1.54) is 0 Å². The van der Waals surface area contributed by atoms with Crippen LogP contribution in [0.15, 0.2) is 29.2 Å². The van der Waals surface area contributed by atoms with Crippen molar-refractivity contribution in [2.75, 3.05) is 0 Å². The van der Waals surface area contributed by atoms with Gasteiger partial charge in [-0.1, -0.05) is 12.1 Å². The molecule has 0 aliphatic carbocycles. The summed E-state index contributed by atoms with van der Waals surface area (Å²) in [6.07, 6.45) is 0.125. The molecule has 0 aliphatic heterocycles. The normalized spacial score (nSPS) is 11.9. The predicted octanol–water partition coefficient (Wildman–Crippen LogP) is 0.969. The van der Waals surface area contributed by atoms with Gasteiger partial charge in [-0.3, -0.25) is 9.59 Å². The SMILES string of the molecule is CC(CC(N)=O)NC(=O)c1ccccc1S. The van der Waals surface area contributed by atoms with Crippen molar-refractivity contribution in [2.45, 2.75) is 24.3 Å². The molecular formula is C11H14N2O2S. The molecule has 0 bridgehead atoms. The van der Waals surface area contributed by atoms with Crippen LogP contribution in [0.1, 0.15) is 23.7 Å². The summed E-state index contributed by atoms with van der Waals surface area (Å²) < 4.78 is 0. The molecule has 4 nitrogen and oxygen atoms in total. The van der Waals surface area contributed by atoms with E-state index in [0.29, 0.717) is 10.5 Å². The molecule has 0 saturated carbocycles. The number of nitrogens with one attached hydrogen (secondary N) is 1. The number of hydrogen-bond acceptors (Lipinski definition) is 3. The van der Waals surface area contributed by atoms with Gasteiger partial charge in [-0.2, -0.15) is 0 Å². The maximum Gasteiger partial charge on any atom is 0.252 e. The van der Waals surface area contributed by atoms with Crippen LogP contribution in [0.3, 0.4) is 0 Å². The minimum atomic E-state index is -0.438. The highest BCUT2D eigenvalue weighted by molar-refractivity contribution is 7.80. The molecule has 1 aromatic rings. The zero-order valence-electron chi connectivity index (χ0n) is 8.93. The quantitative estimate of drug-likeness (QED) is 0.684. The zero-order chi connectivity index (χ0) is 12.1. The Hall–Kier alpha value is -1.49. The fourth-order valence-electron chi connectivity index (χ4n) is 1.32. The fourth-order valence-corrected chi connectivity index (χ4v) is 1.58. The first-order chi connectivity index (χ1) is 7.50. The second kappa shape index (κ2) is 5.55. The van der Waals surface area contributed by atoms with E-state index in [9.17, 15) is 9.59 Å². The number of amides is 2. The first-order valence-corrected chi connectivity index (χ1v) is 5.32. The van der Waals surface area contributed by atoms with Crippen LogP contribution in [0, 0.1) is 0 Å². The molecule has 16 heavy (non-hydrogen) atoms. The third-order valence-corrected chi connectivity index (χ3v) is 2.42. The van der Waals surface area contributed by atoms with Crippen LogP contribution in [0.5, 0.6) is 0 Å². The first kappa shape index (κ1) is 12.6. The van der Waals surface area contributed by atoms with Crippen molar-refractivity contribution < 1.29 is 9.59 Å². The molecule has 0 aromatic heterocycles. The third-order valence-electron chi connectivity index (χ3n) is 2.03. The molecule has 1 unspecified atom stereocenters. The van der Waals surface area contributed by atoms with E-state index >= 15 is 0 Å². The van der Waals surface area contributed by atoms with E-state index in [0.717, 1.165) is 0 Å². The molecule has 5 heteroatoms. The summed E-state index contributed by atoms with van der Waals surface area (Å²) in [7, 11) is 0. The van der Waals surface area contributed by atoms with Crippen molar-refractivity contribution in [3.05, 3.63) is 29.8 Å². The van der Waals surface area contributed by atoms with Gasteiger partial charge < -0.3 is 11.1 Å². The maximum absolute atomic E-state index is 11.7. The van der Waals surface area contributed by atoms with Gasteiger partial charge in [0.25, 0.3) is 5.91 Å². The number of benzene rings is 1. The van der Waals surface area contributed by atoms with Gasteiger partial charge in [-0.25, -0.2) is 0 Å². The highest BCUT2D eigenvalue weighted by Crippen LogP contribution is 2.12. The van der Waals surface area contributed by atoms with Crippen molar-refractivity contribution >= 4 is 24.4 Å². The predicted molar refractivity (Wildman–Crippen MR) is 64.4 cm³/mol. The van der Waals surface area contributed by atoms with Crippen molar-refractivity contribution in [3.63, 3.8) is 0 Å². The van der Waals surface area contributed by atoms with Crippen LogP contribution in [-0.4, -0.2) is 17.9 Å². The zero-order valence-corrected chi connectivity index (χ0v) is 9.83. The minimum absolute atomic E-state index is 0.125. The summed E-state index contributed by atoms with van der Waals surface area (Å²) in [6.45, 7) is 1.73. The number of nitrogens with two attached hydrogens (primary N) is 1. The van der Waals surface area contributed by atoms with E-state index in [1.807, 2.05) is 0 Å². The van der Waals surface area contributed by atoms with E-state index in [-0.39, 0.29) is 18.4 Å². The number of rotatable bonds is 4. The standard InChI is InChI=1S/C11H14N2O2S/c1-7(6-10(12)14)13-11(15)8-4-2-3-5-9(8)16/h2-5,7,16H,6H2,1H3,(H2,12,14)(H,13,15). The molecule has 0 aliphatic rings. The molecule has 0 radical (unpaired) electrons. The Morgan fingerprint density at radius 1 is 1.44 bits per heavy atom. The Bertz CT molecular complexity index is 407. The van der Waals surface area contributed by atoms with Gasteiger partial charge in [0.2, 0.25) is 5.91 Å². The second-order valence-electron chi connectivity index (χ2n) is 3.56. The number of thiol groups is 1. The average Bonchev–Trinajstić information content (AvgIpc) is 2.16. The maximum atomic E-state index is 11.7. The lowest BCUT2D eigenvalue weighted by atomic mass is 10.1. The number of carbonyl (C=O) groups excluding carboxylic acids is 2. The number of hydrogen-bond donors (Lipinski definition) is 3. The highest BCUT2D eigenvalue weighted by atomic mass is 32.1. The molecule has 2 amide bonds. The van der Waals surface area contributed by atoms with Crippen molar-refractivity contribution in [2.24, 2.45) is 5.73 Å². The van der Waals surface area contributed by atoms with Crippen LogP contribution < -0.4 is 11.1 Å². The van der Waals surface area contributed by atoms with E-state index in [4.69, 9.17) is 5.73 Å². The summed E-state index contributed by atoms with van der Waals surface area (Å²) in [5.74, 6) is -0.689. The lowest BCUT2D eigenvalue weighted by Gasteiger charge is -2.12. The van der Waals surface area contributed by atoms with Gasteiger partial charge in [-0.05, 0) is 19.1 Å². The summed E-state index contributed by atoms with van der Waals surface area (Å²) in [4.78, 5) is 23.0. The van der Waals surface area contributed by atoms with Crippen molar-refractivity contribution in [3.8, 4) is 0 Å². The summed E-state index contributed by atoms with van der Waals surface area (Å²) in [5.41, 5.74) is 5.52.